The van der Waals surface area contributed by atoms with Crippen LogP contribution in [-0.4, -0.2) is 34.0 Å². The summed E-state index contributed by atoms with van der Waals surface area (Å²) >= 11 is 0. The summed E-state index contributed by atoms with van der Waals surface area (Å²) in [6.07, 6.45) is 5.69. The highest BCUT2D eigenvalue weighted by Gasteiger charge is 2.16. The Hall–Kier alpha value is -1.43. The number of aromatic nitrogens is 3. The number of unbranched alkanes of at least 4 members (excludes halogenated alkanes) is 1. The maximum atomic E-state index is 12.0. The fourth-order valence-corrected chi connectivity index (χ4v) is 1.82. The maximum absolute atomic E-state index is 12.0. The smallest absolute Gasteiger partial charge is 0.244 e. The minimum atomic E-state index is -0.321. The van der Waals surface area contributed by atoms with E-state index in [-0.39, 0.29) is 11.9 Å². The van der Waals surface area contributed by atoms with Gasteiger partial charge in [0.1, 0.15) is 6.04 Å². The highest BCUT2D eigenvalue weighted by Crippen LogP contribution is 2.07. The first-order valence-electron chi connectivity index (χ1n) is 7.43. The number of hydrogen-bond acceptors (Lipinski definition) is 4. The molecule has 6 nitrogen and oxygen atoms in total. The van der Waals surface area contributed by atoms with Crippen LogP contribution in [0.4, 0.5) is 0 Å². The van der Waals surface area contributed by atoms with E-state index in [9.17, 15) is 4.79 Å². The van der Waals surface area contributed by atoms with Crippen LogP contribution in [0.5, 0.6) is 0 Å². The summed E-state index contributed by atoms with van der Waals surface area (Å²) in [7, 11) is 0. The number of carbonyl (C=O) groups excluding carboxylic acids is 1. The Kier molecular flexibility index (Phi) is 7.22. The van der Waals surface area contributed by atoms with Crippen LogP contribution >= 0.6 is 0 Å². The Labute approximate surface area is 121 Å². The van der Waals surface area contributed by atoms with E-state index in [1.165, 1.54) is 0 Å². The molecule has 6 heteroatoms. The molecule has 0 aromatic carbocycles. The standard InChI is InChI=1S/C14H27N5O/c1-11(2)7-9-16-14(20)12(3)19-10-13(17-18-19)6-4-5-8-15/h10-12H,4-9,15H2,1-3H3,(H,16,20). The molecule has 1 amide bonds. The zero-order valence-corrected chi connectivity index (χ0v) is 12.8. The second-order valence-corrected chi connectivity index (χ2v) is 5.59. The van der Waals surface area contributed by atoms with Gasteiger partial charge in [0.2, 0.25) is 5.91 Å². The van der Waals surface area contributed by atoms with Gasteiger partial charge in [-0.15, -0.1) is 5.10 Å². The molecule has 1 aromatic rings. The first-order chi connectivity index (χ1) is 9.54. The molecule has 1 atom stereocenters. The van der Waals surface area contributed by atoms with Gasteiger partial charge in [-0.3, -0.25) is 4.79 Å². The monoisotopic (exact) mass is 281 g/mol. The van der Waals surface area contributed by atoms with E-state index in [2.05, 4.69) is 29.5 Å². The average molecular weight is 281 g/mol. The number of aryl methyl sites for hydroxylation is 1. The molecule has 20 heavy (non-hydrogen) atoms. The van der Waals surface area contributed by atoms with Gasteiger partial charge in [0.25, 0.3) is 0 Å². The summed E-state index contributed by atoms with van der Waals surface area (Å²) in [6, 6.07) is -0.321. The summed E-state index contributed by atoms with van der Waals surface area (Å²) in [6.45, 7) is 7.52. The van der Waals surface area contributed by atoms with E-state index in [0.29, 0.717) is 19.0 Å². The zero-order valence-electron chi connectivity index (χ0n) is 12.8. The maximum Gasteiger partial charge on any atom is 0.244 e. The third-order valence-electron chi connectivity index (χ3n) is 3.24. The SMILES string of the molecule is CC(C)CCNC(=O)C(C)n1cc(CCCCN)nn1. The summed E-state index contributed by atoms with van der Waals surface area (Å²) in [5, 5.41) is 11.1. The normalized spacial score (nSPS) is 12.7. The summed E-state index contributed by atoms with van der Waals surface area (Å²) in [5.74, 6) is 0.579. The van der Waals surface area contributed by atoms with Crippen LogP contribution in [0.1, 0.15) is 51.8 Å². The van der Waals surface area contributed by atoms with Gasteiger partial charge in [0, 0.05) is 12.7 Å². The number of carbonyl (C=O) groups is 1. The van der Waals surface area contributed by atoms with E-state index in [1.807, 2.05) is 13.1 Å². The van der Waals surface area contributed by atoms with Crippen molar-refractivity contribution >= 4 is 5.91 Å². The predicted molar refractivity (Wildman–Crippen MR) is 79.2 cm³/mol. The Morgan fingerprint density at radius 1 is 1.40 bits per heavy atom. The van der Waals surface area contributed by atoms with Gasteiger partial charge in [0.05, 0.1) is 5.69 Å². The minimum absolute atomic E-state index is 0.0101. The lowest BCUT2D eigenvalue weighted by atomic mass is 10.1. The van der Waals surface area contributed by atoms with Crippen molar-refractivity contribution in [2.24, 2.45) is 11.7 Å². The molecule has 0 fully saturated rings. The second kappa shape index (κ2) is 8.68. The molecular formula is C14H27N5O. The van der Waals surface area contributed by atoms with Crippen LogP contribution in [0.15, 0.2) is 6.20 Å². The first kappa shape index (κ1) is 16.6. The van der Waals surface area contributed by atoms with Gasteiger partial charge < -0.3 is 11.1 Å². The van der Waals surface area contributed by atoms with E-state index in [0.717, 1.165) is 31.4 Å². The molecule has 0 aliphatic rings. The number of nitrogens with zero attached hydrogens (tertiary/aromatic N) is 3. The van der Waals surface area contributed by atoms with Crippen molar-refractivity contribution in [3.63, 3.8) is 0 Å². The van der Waals surface area contributed by atoms with Crippen molar-refractivity contribution in [1.29, 1.82) is 0 Å². The average Bonchev–Trinajstić information content (AvgIpc) is 2.86. The van der Waals surface area contributed by atoms with E-state index in [4.69, 9.17) is 5.73 Å². The number of nitrogens with one attached hydrogen (secondary N) is 1. The molecule has 0 aliphatic carbocycles. The topological polar surface area (TPSA) is 85.8 Å². The van der Waals surface area contributed by atoms with Crippen molar-refractivity contribution < 1.29 is 4.79 Å². The summed E-state index contributed by atoms with van der Waals surface area (Å²) in [4.78, 5) is 12.0. The van der Waals surface area contributed by atoms with Gasteiger partial charge in [-0.05, 0) is 45.1 Å². The molecule has 1 rings (SSSR count). The molecule has 0 saturated heterocycles. The summed E-state index contributed by atoms with van der Waals surface area (Å²) < 4.78 is 1.63. The lowest BCUT2D eigenvalue weighted by Gasteiger charge is -2.12. The molecule has 3 N–H and O–H groups in total. The molecule has 1 heterocycles. The number of rotatable bonds is 9. The highest BCUT2D eigenvalue weighted by atomic mass is 16.2. The van der Waals surface area contributed by atoms with Gasteiger partial charge in [-0.2, -0.15) is 0 Å². The number of nitrogens with two attached hydrogens (primary N) is 1. The van der Waals surface area contributed by atoms with Crippen LogP contribution in [0.2, 0.25) is 0 Å². The third kappa shape index (κ3) is 5.69. The Balaban J connectivity index is 2.42. The third-order valence-corrected chi connectivity index (χ3v) is 3.24. The lowest BCUT2D eigenvalue weighted by molar-refractivity contribution is -0.124. The van der Waals surface area contributed by atoms with E-state index in [1.54, 1.807) is 4.68 Å². The molecule has 0 aliphatic heterocycles. The van der Waals surface area contributed by atoms with E-state index < -0.39 is 0 Å². The van der Waals surface area contributed by atoms with Crippen LogP contribution in [0.3, 0.4) is 0 Å². The van der Waals surface area contributed by atoms with Crippen LogP contribution < -0.4 is 11.1 Å². The van der Waals surface area contributed by atoms with Crippen molar-refractivity contribution in [2.45, 2.75) is 52.5 Å². The fraction of sp³-hybridized carbons (Fsp3) is 0.786. The first-order valence-corrected chi connectivity index (χ1v) is 7.43. The number of hydrogen-bond donors (Lipinski definition) is 2. The summed E-state index contributed by atoms with van der Waals surface area (Å²) in [5.41, 5.74) is 6.38. The van der Waals surface area contributed by atoms with Gasteiger partial charge in [0.15, 0.2) is 0 Å². The van der Waals surface area contributed by atoms with Crippen LogP contribution in [-0.2, 0) is 11.2 Å². The van der Waals surface area contributed by atoms with Crippen LogP contribution in [0, 0.1) is 5.92 Å². The Bertz CT molecular complexity index is 402. The number of amides is 1. The molecule has 0 bridgehead atoms. The van der Waals surface area contributed by atoms with Gasteiger partial charge >= 0.3 is 0 Å². The van der Waals surface area contributed by atoms with E-state index >= 15 is 0 Å². The second-order valence-electron chi connectivity index (χ2n) is 5.59. The van der Waals surface area contributed by atoms with Gasteiger partial charge in [-0.25, -0.2) is 4.68 Å². The molecule has 0 spiro atoms. The molecule has 114 valence electrons. The fourth-order valence-electron chi connectivity index (χ4n) is 1.82. The Morgan fingerprint density at radius 3 is 2.80 bits per heavy atom. The molecule has 0 radical (unpaired) electrons. The highest BCUT2D eigenvalue weighted by molar-refractivity contribution is 5.79. The minimum Gasteiger partial charge on any atom is -0.354 e. The lowest BCUT2D eigenvalue weighted by Crippen LogP contribution is -2.32. The Morgan fingerprint density at radius 2 is 2.15 bits per heavy atom. The van der Waals surface area contributed by atoms with Crippen molar-refractivity contribution in [3.8, 4) is 0 Å². The molecule has 0 saturated carbocycles. The molecule has 1 aromatic heterocycles. The predicted octanol–water partition coefficient (Wildman–Crippen LogP) is 1.28. The van der Waals surface area contributed by atoms with Crippen molar-refractivity contribution in [3.05, 3.63) is 11.9 Å². The molecular weight excluding hydrogens is 254 g/mol. The van der Waals surface area contributed by atoms with Crippen molar-refractivity contribution in [2.75, 3.05) is 13.1 Å². The van der Waals surface area contributed by atoms with Gasteiger partial charge in [-0.1, -0.05) is 19.1 Å². The zero-order chi connectivity index (χ0) is 15.0. The quantitative estimate of drug-likeness (QED) is 0.668. The van der Waals surface area contributed by atoms with Crippen LogP contribution in [0.25, 0.3) is 0 Å². The largest absolute Gasteiger partial charge is 0.354 e. The van der Waals surface area contributed by atoms with Crippen molar-refractivity contribution in [1.82, 2.24) is 20.3 Å². The molecule has 1 unspecified atom stereocenters.